The molecule has 7 nitrogen and oxygen atoms in total. The molecule has 2 aliphatic heterocycles. The molecular weight excluding hydrogens is 422 g/mol. The number of aryl methyl sites for hydroxylation is 1. The second kappa shape index (κ2) is 9.08. The number of fused-ring (bicyclic) bond motifs is 1. The lowest BCUT2D eigenvalue weighted by Gasteiger charge is -2.32. The zero-order chi connectivity index (χ0) is 21.9. The molecule has 0 aliphatic carbocycles. The Balaban J connectivity index is 1.17. The second-order valence-corrected chi connectivity index (χ2v) is 9.11. The van der Waals surface area contributed by atoms with Crippen LogP contribution in [-0.4, -0.2) is 39.2 Å². The van der Waals surface area contributed by atoms with Crippen LogP contribution < -0.4 is 10.2 Å². The van der Waals surface area contributed by atoms with Crippen molar-refractivity contribution in [2.24, 2.45) is 5.92 Å². The highest BCUT2D eigenvalue weighted by Gasteiger charge is 2.25. The number of nitrogens with zero attached hydrogens (tertiary/aromatic N) is 4. The third-order valence-corrected chi connectivity index (χ3v) is 6.76. The molecule has 2 fully saturated rings. The van der Waals surface area contributed by atoms with Crippen LogP contribution in [0.1, 0.15) is 30.7 Å². The molecule has 0 spiro atoms. The number of amides is 2. The molecule has 3 aromatic rings. The summed E-state index contributed by atoms with van der Waals surface area (Å²) in [6.45, 7) is 1.81. The van der Waals surface area contributed by atoms with Gasteiger partial charge in [0.2, 0.25) is 5.95 Å². The number of para-hydroxylation sites is 1. The molecule has 0 unspecified atom stereocenters. The van der Waals surface area contributed by atoms with Crippen molar-refractivity contribution in [3.8, 4) is 0 Å². The maximum atomic E-state index is 11.8. The van der Waals surface area contributed by atoms with Gasteiger partial charge in [-0.05, 0) is 67.6 Å². The van der Waals surface area contributed by atoms with Gasteiger partial charge in [-0.1, -0.05) is 24.3 Å². The zero-order valence-corrected chi connectivity index (χ0v) is 18.3. The molecule has 4 heterocycles. The summed E-state index contributed by atoms with van der Waals surface area (Å²) < 4.78 is 0. The van der Waals surface area contributed by atoms with Crippen molar-refractivity contribution in [2.75, 3.05) is 18.0 Å². The lowest BCUT2D eigenvalue weighted by Crippen LogP contribution is -2.35. The molecule has 32 heavy (non-hydrogen) atoms. The molecule has 162 valence electrons. The number of anilines is 1. The topological polar surface area (TPSA) is 88.1 Å². The number of imide groups is 1. The van der Waals surface area contributed by atoms with Gasteiger partial charge in [-0.2, -0.15) is 0 Å². The Hall–Kier alpha value is -3.26. The van der Waals surface area contributed by atoms with Crippen LogP contribution in [0, 0.1) is 5.92 Å². The molecule has 1 aromatic carbocycles. The summed E-state index contributed by atoms with van der Waals surface area (Å²) >= 11 is 0.897. The maximum absolute atomic E-state index is 11.8. The number of pyridine rings is 1. The van der Waals surface area contributed by atoms with E-state index in [0.29, 0.717) is 22.5 Å². The van der Waals surface area contributed by atoms with E-state index >= 15 is 0 Å². The van der Waals surface area contributed by atoms with Crippen molar-refractivity contribution in [1.29, 1.82) is 0 Å². The molecule has 2 amide bonds. The fourth-order valence-corrected chi connectivity index (χ4v) is 4.84. The van der Waals surface area contributed by atoms with Crippen LogP contribution in [0.3, 0.4) is 0 Å². The van der Waals surface area contributed by atoms with E-state index in [-0.39, 0.29) is 11.1 Å². The number of carbonyl (C=O) groups is 2. The van der Waals surface area contributed by atoms with Gasteiger partial charge in [-0.15, -0.1) is 0 Å². The van der Waals surface area contributed by atoms with Crippen molar-refractivity contribution in [1.82, 2.24) is 20.3 Å². The van der Waals surface area contributed by atoms with Crippen LogP contribution in [0.4, 0.5) is 10.7 Å². The number of rotatable bonds is 5. The second-order valence-electron chi connectivity index (χ2n) is 8.10. The van der Waals surface area contributed by atoms with Crippen LogP contribution in [0.5, 0.6) is 0 Å². The number of benzene rings is 1. The van der Waals surface area contributed by atoms with Crippen molar-refractivity contribution in [3.05, 3.63) is 65.0 Å². The molecule has 2 saturated heterocycles. The molecule has 0 radical (unpaired) electrons. The first-order valence-corrected chi connectivity index (χ1v) is 11.6. The number of thioether (sulfide) groups is 1. The lowest BCUT2D eigenvalue weighted by atomic mass is 9.91. The predicted molar refractivity (Wildman–Crippen MR) is 126 cm³/mol. The van der Waals surface area contributed by atoms with Crippen molar-refractivity contribution in [2.45, 2.75) is 25.7 Å². The van der Waals surface area contributed by atoms with Crippen LogP contribution in [0.15, 0.2) is 53.6 Å². The smallest absolute Gasteiger partial charge is 0.290 e. The minimum Gasteiger partial charge on any atom is -0.341 e. The van der Waals surface area contributed by atoms with E-state index in [4.69, 9.17) is 4.98 Å². The molecular formula is C24H23N5O2S. The van der Waals surface area contributed by atoms with E-state index in [1.807, 2.05) is 12.1 Å². The monoisotopic (exact) mass is 445 g/mol. The zero-order valence-electron chi connectivity index (χ0n) is 17.5. The van der Waals surface area contributed by atoms with Gasteiger partial charge >= 0.3 is 0 Å². The maximum Gasteiger partial charge on any atom is 0.290 e. The van der Waals surface area contributed by atoms with Crippen LogP contribution in [-0.2, 0) is 11.2 Å². The van der Waals surface area contributed by atoms with E-state index in [0.717, 1.165) is 61.7 Å². The van der Waals surface area contributed by atoms with Crippen molar-refractivity contribution in [3.63, 3.8) is 0 Å². The van der Waals surface area contributed by atoms with Gasteiger partial charge in [0.25, 0.3) is 11.1 Å². The summed E-state index contributed by atoms with van der Waals surface area (Å²) in [5, 5.41) is 3.09. The van der Waals surface area contributed by atoms with Crippen LogP contribution in [0.2, 0.25) is 0 Å². The Kier molecular flexibility index (Phi) is 5.85. The first-order chi connectivity index (χ1) is 15.6. The van der Waals surface area contributed by atoms with E-state index in [9.17, 15) is 9.59 Å². The fraction of sp³-hybridized carbons (Fsp3) is 0.292. The normalized spacial score (nSPS) is 18.5. The van der Waals surface area contributed by atoms with Crippen LogP contribution >= 0.6 is 11.8 Å². The molecule has 0 saturated carbocycles. The Bertz CT molecular complexity index is 1200. The van der Waals surface area contributed by atoms with Gasteiger partial charge in [0.15, 0.2) is 0 Å². The molecule has 1 N–H and O–H groups in total. The van der Waals surface area contributed by atoms with E-state index in [1.165, 1.54) is 5.39 Å². The lowest BCUT2D eigenvalue weighted by molar-refractivity contribution is -0.115. The first kappa shape index (κ1) is 20.6. The van der Waals surface area contributed by atoms with Crippen molar-refractivity contribution >= 4 is 45.8 Å². The average molecular weight is 446 g/mol. The van der Waals surface area contributed by atoms with Crippen molar-refractivity contribution < 1.29 is 9.59 Å². The number of piperidine rings is 1. The molecule has 0 bridgehead atoms. The van der Waals surface area contributed by atoms with Gasteiger partial charge in [0.05, 0.1) is 16.1 Å². The van der Waals surface area contributed by atoms with Gasteiger partial charge < -0.3 is 4.90 Å². The summed E-state index contributed by atoms with van der Waals surface area (Å²) in [6.07, 6.45) is 7.65. The summed E-state index contributed by atoms with van der Waals surface area (Å²) in [5.41, 5.74) is 2.85. The highest BCUT2D eigenvalue weighted by atomic mass is 32.2. The summed E-state index contributed by atoms with van der Waals surface area (Å²) in [5.74, 6) is 0.958. The quantitative estimate of drug-likeness (QED) is 0.589. The highest BCUT2D eigenvalue weighted by molar-refractivity contribution is 8.18. The predicted octanol–water partition coefficient (Wildman–Crippen LogP) is 4.20. The third kappa shape index (κ3) is 4.65. The highest BCUT2D eigenvalue weighted by Crippen LogP contribution is 2.27. The number of aromatic nitrogens is 3. The molecule has 2 aliphatic rings. The third-order valence-electron chi connectivity index (χ3n) is 5.95. The molecule has 2 aromatic heterocycles. The average Bonchev–Trinajstić information content (AvgIpc) is 3.14. The van der Waals surface area contributed by atoms with E-state index in [1.54, 1.807) is 18.3 Å². The minimum atomic E-state index is -0.373. The largest absolute Gasteiger partial charge is 0.341 e. The summed E-state index contributed by atoms with van der Waals surface area (Å²) in [4.78, 5) is 39.5. The van der Waals surface area contributed by atoms with Gasteiger partial charge in [-0.3, -0.25) is 19.9 Å². The SMILES string of the molecule is O=C1NC(=O)/C(=C/c2ccnc(N3CCC(CCc4ccc5ccccc5n4)CC3)n2)S1. The Labute approximate surface area is 190 Å². The van der Waals surface area contributed by atoms with E-state index < -0.39 is 0 Å². The number of hydrogen-bond acceptors (Lipinski definition) is 7. The van der Waals surface area contributed by atoms with Gasteiger partial charge in [-0.25, -0.2) is 9.97 Å². The molecule has 5 rings (SSSR count). The summed E-state index contributed by atoms with van der Waals surface area (Å²) in [7, 11) is 0. The molecule has 8 heteroatoms. The standard InChI is InChI=1S/C24H23N5O2S/c30-22-21(32-24(31)28-22)15-19-9-12-25-23(27-19)29-13-10-16(11-14-29)5-7-18-8-6-17-3-1-2-4-20(17)26-18/h1-4,6,8-9,12,15-16H,5,7,10-11,13-14H2,(H,28,30,31)/b21-15-. The fourth-order valence-electron chi connectivity index (χ4n) is 4.17. The van der Waals surface area contributed by atoms with Crippen LogP contribution in [0.25, 0.3) is 17.0 Å². The van der Waals surface area contributed by atoms with Gasteiger partial charge in [0, 0.05) is 30.4 Å². The Morgan fingerprint density at radius 2 is 1.91 bits per heavy atom. The molecule has 0 atom stereocenters. The number of carbonyl (C=O) groups excluding carboxylic acids is 2. The van der Waals surface area contributed by atoms with E-state index in [2.05, 4.69) is 44.5 Å². The van der Waals surface area contributed by atoms with Gasteiger partial charge in [0.1, 0.15) is 0 Å². The summed E-state index contributed by atoms with van der Waals surface area (Å²) in [6, 6.07) is 14.3. The number of nitrogens with one attached hydrogen (secondary N) is 1. The Morgan fingerprint density at radius 1 is 1.06 bits per heavy atom. The minimum absolute atomic E-state index is 0.350. The first-order valence-electron chi connectivity index (χ1n) is 10.8. The Morgan fingerprint density at radius 3 is 2.72 bits per heavy atom. The number of hydrogen-bond donors (Lipinski definition) is 1.